The van der Waals surface area contributed by atoms with Crippen LogP contribution in [-0.2, 0) is 0 Å². The minimum atomic E-state index is 1.04. The molecule has 0 fully saturated rings. The van der Waals surface area contributed by atoms with Gasteiger partial charge in [0.15, 0.2) is 0 Å². The van der Waals surface area contributed by atoms with Gasteiger partial charge in [0.2, 0.25) is 0 Å². The zero-order valence-electron chi connectivity index (χ0n) is 25.1. The van der Waals surface area contributed by atoms with Crippen LogP contribution in [0, 0.1) is 6.92 Å². The van der Waals surface area contributed by atoms with Crippen molar-refractivity contribution in [2.45, 2.75) is 40.5 Å². The molecule has 6 aromatic rings. The molecule has 42 heavy (non-hydrogen) atoms. The van der Waals surface area contributed by atoms with Crippen LogP contribution >= 0.6 is 0 Å². The minimum Gasteiger partial charge on any atom is -0.0683 e. The molecule has 0 spiro atoms. The van der Waals surface area contributed by atoms with Crippen LogP contribution in [0.3, 0.4) is 0 Å². The molecule has 206 valence electrons. The Morgan fingerprint density at radius 1 is 0.429 bits per heavy atom. The largest absolute Gasteiger partial charge is 0.0683 e. The number of hydrogen-bond donors (Lipinski definition) is 0. The lowest BCUT2D eigenvalue weighted by Crippen LogP contribution is -2.01. The van der Waals surface area contributed by atoms with Crippen molar-refractivity contribution in [1.82, 2.24) is 0 Å². The Hall–Kier alpha value is -4.68. The first kappa shape index (κ1) is 27.5. The van der Waals surface area contributed by atoms with Crippen molar-refractivity contribution in [2.75, 3.05) is 0 Å². The zero-order valence-corrected chi connectivity index (χ0v) is 25.1. The molecular weight excluding hydrogens is 504 g/mol. The Morgan fingerprint density at radius 2 is 0.905 bits per heavy atom. The predicted molar refractivity (Wildman–Crippen MR) is 185 cm³/mol. The van der Waals surface area contributed by atoms with Crippen LogP contribution < -0.4 is 0 Å². The molecule has 0 amide bonds. The van der Waals surface area contributed by atoms with Gasteiger partial charge in [0.1, 0.15) is 0 Å². The van der Waals surface area contributed by atoms with E-state index >= 15 is 0 Å². The summed E-state index contributed by atoms with van der Waals surface area (Å²) in [6.07, 6.45) is 4.55. The molecule has 0 atom stereocenters. The molecule has 0 N–H and O–H groups in total. The van der Waals surface area contributed by atoms with Gasteiger partial charge in [-0.25, -0.2) is 0 Å². The summed E-state index contributed by atoms with van der Waals surface area (Å²) < 4.78 is 0. The second kappa shape index (κ2) is 12.0. The highest BCUT2D eigenvalue weighted by Gasteiger charge is 2.22. The number of allylic oxidation sites excluding steroid dienone is 4. The van der Waals surface area contributed by atoms with E-state index in [0.29, 0.717) is 0 Å². The first-order chi connectivity index (χ1) is 20.7. The van der Waals surface area contributed by atoms with Crippen LogP contribution in [0.15, 0.2) is 139 Å². The van der Waals surface area contributed by atoms with Crippen LogP contribution in [-0.4, -0.2) is 0 Å². The number of rotatable bonds is 4. The first-order valence-corrected chi connectivity index (χ1v) is 15.3. The highest BCUT2D eigenvalue weighted by Crippen LogP contribution is 2.47. The molecule has 1 aliphatic rings. The third-order valence-corrected chi connectivity index (χ3v) is 8.52. The summed E-state index contributed by atoms with van der Waals surface area (Å²) in [5, 5.41) is 5.29. The Morgan fingerprint density at radius 3 is 1.48 bits per heavy atom. The highest BCUT2D eigenvalue weighted by atomic mass is 14.3. The molecule has 0 heteroatoms. The maximum Gasteiger partial charge on any atom is -0.00201 e. The van der Waals surface area contributed by atoms with Gasteiger partial charge in [0.05, 0.1) is 0 Å². The van der Waals surface area contributed by atoms with E-state index in [4.69, 9.17) is 0 Å². The number of aryl methyl sites for hydroxylation is 1. The topological polar surface area (TPSA) is 0 Å². The van der Waals surface area contributed by atoms with Gasteiger partial charge in [-0.3, -0.25) is 0 Å². The SMILES string of the molecule is CC.CC1=C(c2ccccc2C)CCC(c2c3ccccc3c(-c3ccccc3-c3ccccc3)c3ccccc23)=C1. The molecule has 1 aliphatic carbocycles. The van der Waals surface area contributed by atoms with Crippen molar-refractivity contribution in [1.29, 1.82) is 0 Å². The number of hydrogen-bond acceptors (Lipinski definition) is 0. The Balaban J connectivity index is 0.00000155. The molecular formula is C42H38. The first-order valence-electron chi connectivity index (χ1n) is 15.3. The molecule has 7 rings (SSSR count). The van der Waals surface area contributed by atoms with Crippen molar-refractivity contribution in [3.63, 3.8) is 0 Å². The van der Waals surface area contributed by atoms with Crippen LogP contribution in [0.1, 0.15) is 50.3 Å². The van der Waals surface area contributed by atoms with Gasteiger partial charge in [-0.1, -0.05) is 147 Å². The van der Waals surface area contributed by atoms with Crippen LogP contribution in [0.5, 0.6) is 0 Å². The van der Waals surface area contributed by atoms with E-state index < -0.39 is 0 Å². The molecule has 0 heterocycles. The maximum atomic E-state index is 2.46. The summed E-state index contributed by atoms with van der Waals surface area (Å²) in [5.74, 6) is 0. The van der Waals surface area contributed by atoms with Gasteiger partial charge in [-0.2, -0.15) is 0 Å². The summed E-state index contributed by atoms with van der Waals surface area (Å²) in [5.41, 5.74) is 13.5. The van der Waals surface area contributed by atoms with Crippen molar-refractivity contribution in [3.05, 3.63) is 156 Å². The van der Waals surface area contributed by atoms with Gasteiger partial charge in [-0.15, -0.1) is 0 Å². The van der Waals surface area contributed by atoms with E-state index in [9.17, 15) is 0 Å². The Labute approximate surface area is 250 Å². The molecule has 0 unspecified atom stereocenters. The average Bonchev–Trinajstić information content (AvgIpc) is 3.05. The molecule has 0 saturated carbocycles. The van der Waals surface area contributed by atoms with Crippen molar-refractivity contribution >= 4 is 32.7 Å². The monoisotopic (exact) mass is 542 g/mol. The Kier molecular flexibility index (Phi) is 7.89. The number of benzene rings is 6. The molecule has 0 aliphatic heterocycles. The zero-order chi connectivity index (χ0) is 29.1. The predicted octanol–water partition coefficient (Wildman–Crippen LogP) is 12.3. The van der Waals surface area contributed by atoms with E-state index in [1.54, 1.807) is 0 Å². The summed E-state index contributed by atoms with van der Waals surface area (Å²) in [6, 6.07) is 46.5. The second-order valence-corrected chi connectivity index (χ2v) is 10.9. The summed E-state index contributed by atoms with van der Waals surface area (Å²) in [4.78, 5) is 0. The van der Waals surface area contributed by atoms with E-state index in [1.807, 2.05) is 13.8 Å². The Bertz CT molecular complexity index is 1890. The molecule has 6 aromatic carbocycles. The lowest BCUT2D eigenvalue weighted by molar-refractivity contribution is 1.05. The van der Waals surface area contributed by atoms with Crippen LogP contribution in [0.2, 0.25) is 0 Å². The van der Waals surface area contributed by atoms with Crippen molar-refractivity contribution in [2.24, 2.45) is 0 Å². The number of fused-ring (bicyclic) bond motifs is 2. The van der Waals surface area contributed by atoms with Crippen molar-refractivity contribution < 1.29 is 0 Å². The smallest absolute Gasteiger partial charge is 0.00201 e. The fourth-order valence-electron chi connectivity index (χ4n) is 6.67. The lowest BCUT2D eigenvalue weighted by Gasteiger charge is -2.24. The lowest BCUT2D eigenvalue weighted by atomic mass is 9.80. The molecule has 0 aromatic heterocycles. The molecule has 0 saturated heterocycles. The maximum absolute atomic E-state index is 2.46. The third-order valence-electron chi connectivity index (χ3n) is 8.52. The van der Waals surface area contributed by atoms with Crippen LogP contribution in [0.25, 0.3) is 54.9 Å². The van der Waals surface area contributed by atoms with Gasteiger partial charge >= 0.3 is 0 Å². The molecule has 0 nitrogen and oxygen atoms in total. The normalized spacial score (nSPS) is 13.1. The van der Waals surface area contributed by atoms with Crippen LogP contribution in [0.4, 0.5) is 0 Å². The molecule has 0 bridgehead atoms. The summed E-state index contributed by atoms with van der Waals surface area (Å²) in [7, 11) is 0. The van der Waals surface area contributed by atoms with E-state index in [2.05, 4.69) is 147 Å². The fourth-order valence-corrected chi connectivity index (χ4v) is 6.67. The fraction of sp³-hybridized carbons (Fsp3) is 0.143. The average molecular weight is 543 g/mol. The third kappa shape index (κ3) is 4.88. The highest BCUT2D eigenvalue weighted by molar-refractivity contribution is 6.20. The van der Waals surface area contributed by atoms with E-state index in [0.717, 1.165) is 12.8 Å². The van der Waals surface area contributed by atoms with Gasteiger partial charge < -0.3 is 0 Å². The van der Waals surface area contributed by atoms with E-state index in [1.165, 1.54) is 77.2 Å². The van der Waals surface area contributed by atoms with E-state index in [-0.39, 0.29) is 0 Å². The summed E-state index contributed by atoms with van der Waals surface area (Å²) >= 11 is 0. The second-order valence-electron chi connectivity index (χ2n) is 10.9. The van der Waals surface area contributed by atoms with Gasteiger partial charge in [0, 0.05) is 0 Å². The van der Waals surface area contributed by atoms with Crippen molar-refractivity contribution in [3.8, 4) is 22.3 Å². The van der Waals surface area contributed by atoms with Gasteiger partial charge in [0.25, 0.3) is 0 Å². The minimum absolute atomic E-state index is 1.04. The summed E-state index contributed by atoms with van der Waals surface area (Å²) in [6.45, 7) is 8.51. The molecule has 0 radical (unpaired) electrons. The van der Waals surface area contributed by atoms with Gasteiger partial charge in [-0.05, 0) is 104 Å². The standard InChI is InChI=1S/C40H32.C2H6/c1-27-14-6-7-17-31(27)32-25-24-30(26-28(32)2)39-35-20-10-12-22-37(35)40(38-23-13-11-21-36(38)39)34-19-9-8-18-33(34)29-15-4-3-5-16-29;1-2/h3-23,26H,24-25H2,1-2H3;1-2H3. The quantitative estimate of drug-likeness (QED) is 0.194.